The van der Waals surface area contributed by atoms with Crippen molar-refractivity contribution < 1.29 is 4.79 Å². The summed E-state index contributed by atoms with van der Waals surface area (Å²) < 4.78 is 0. The Bertz CT molecular complexity index is 953. The van der Waals surface area contributed by atoms with Crippen molar-refractivity contribution in [3.8, 4) is 11.4 Å². The Kier molecular flexibility index (Phi) is 6.44. The first-order valence-electron chi connectivity index (χ1n) is 9.69. The van der Waals surface area contributed by atoms with Gasteiger partial charge in [-0.05, 0) is 30.2 Å². The van der Waals surface area contributed by atoms with E-state index in [1.54, 1.807) is 6.07 Å². The highest BCUT2D eigenvalue weighted by Crippen LogP contribution is 2.20. The Morgan fingerprint density at radius 1 is 1.00 bits per heavy atom. The predicted molar refractivity (Wildman–Crippen MR) is 120 cm³/mol. The maximum atomic E-state index is 12.9. The zero-order valence-electron chi connectivity index (χ0n) is 17.3. The average Bonchev–Trinajstić information content (AvgIpc) is 2.73. The quantitative estimate of drug-likeness (QED) is 0.621. The van der Waals surface area contributed by atoms with Crippen molar-refractivity contribution in [3.05, 3.63) is 66.4 Å². The maximum absolute atomic E-state index is 12.9. The third-order valence-corrected chi connectivity index (χ3v) is 4.32. The van der Waals surface area contributed by atoms with Crippen molar-refractivity contribution in [3.63, 3.8) is 0 Å². The first-order chi connectivity index (χ1) is 13.9. The molecule has 2 N–H and O–H groups in total. The van der Waals surface area contributed by atoms with Crippen LogP contribution >= 0.6 is 0 Å². The van der Waals surface area contributed by atoms with Gasteiger partial charge in [0, 0.05) is 43.6 Å². The molecule has 1 heterocycles. The smallest absolute Gasteiger partial charge is 0.274 e. The normalized spacial score (nSPS) is 10.7. The summed E-state index contributed by atoms with van der Waals surface area (Å²) in [4.78, 5) is 24.0. The van der Waals surface area contributed by atoms with Crippen LogP contribution in [0.1, 0.15) is 24.3 Å². The van der Waals surface area contributed by atoms with E-state index >= 15 is 0 Å². The minimum Gasteiger partial charge on any atom is -0.378 e. The maximum Gasteiger partial charge on any atom is 0.274 e. The summed E-state index contributed by atoms with van der Waals surface area (Å²) in [6.45, 7) is 5.01. The fourth-order valence-corrected chi connectivity index (χ4v) is 2.72. The molecule has 0 aliphatic heterocycles. The number of hydrogen-bond acceptors (Lipinski definition) is 5. The van der Waals surface area contributed by atoms with Crippen molar-refractivity contribution >= 4 is 23.1 Å². The Balaban J connectivity index is 1.87. The Hall–Kier alpha value is -3.41. The first-order valence-corrected chi connectivity index (χ1v) is 9.69. The molecule has 0 atom stereocenters. The highest BCUT2D eigenvalue weighted by atomic mass is 16.1. The number of amides is 1. The zero-order valence-corrected chi connectivity index (χ0v) is 17.3. The number of nitrogens with one attached hydrogen (secondary N) is 2. The first kappa shape index (κ1) is 20.3. The van der Waals surface area contributed by atoms with Crippen molar-refractivity contribution in [1.82, 2.24) is 9.97 Å². The van der Waals surface area contributed by atoms with Gasteiger partial charge >= 0.3 is 0 Å². The monoisotopic (exact) mass is 389 g/mol. The number of benzene rings is 2. The van der Waals surface area contributed by atoms with Gasteiger partial charge in [-0.2, -0.15) is 0 Å². The number of anilines is 3. The van der Waals surface area contributed by atoms with Crippen molar-refractivity contribution in [1.29, 1.82) is 0 Å². The van der Waals surface area contributed by atoms with Crippen LogP contribution in [0.15, 0.2) is 60.7 Å². The number of aromatic nitrogens is 2. The number of rotatable bonds is 7. The van der Waals surface area contributed by atoms with Crippen molar-refractivity contribution in [2.45, 2.75) is 13.8 Å². The lowest BCUT2D eigenvalue weighted by Gasteiger charge is -2.14. The highest BCUT2D eigenvalue weighted by molar-refractivity contribution is 6.03. The molecular formula is C23H27N5O. The Labute approximate surface area is 172 Å². The van der Waals surface area contributed by atoms with Crippen LogP contribution in [0, 0.1) is 5.92 Å². The molecule has 2 aromatic carbocycles. The van der Waals surface area contributed by atoms with Crippen LogP contribution in [0.5, 0.6) is 0 Å². The lowest BCUT2D eigenvalue weighted by atomic mass is 10.2. The molecule has 0 spiro atoms. The summed E-state index contributed by atoms with van der Waals surface area (Å²) >= 11 is 0. The number of hydrogen-bond donors (Lipinski definition) is 2. The molecule has 0 radical (unpaired) electrons. The summed E-state index contributed by atoms with van der Waals surface area (Å²) in [6.07, 6.45) is 0. The van der Waals surface area contributed by atoms with Crippen molar-refractivity contribution in [2.24, 2.45) is 5.92 Å². The summed E-state index contributed by atoms with van der Waals surface area (Å²) in [7, 11) is 3.95. The lowest BCUT2D eigenvalue weighted by Crippen LogP contribution is -2.17. The summed E-state index contributed by atoms with van der Waals surface area (Å²) in [5.41, 5.74) is 2.97. The molecule has 6 nitrogen and oxygen atoms in total. The van der Waals surface area contributed by atoms with Gasteiger partial charge in [-0.3, -0.25) is 4.79 Å². The number of nitrogens with zero attached hydrogens (tertiary/aromatic N) is 3. The molecule has 3 aromatic rings. The van der Waals surface area contributed by atoms with Crippen LogP contribution in [-0.2, 0) is 0 Å². The van der Waals surface area contributed by atoms with Crippen LogP contribution in [0.4, 0.5) is 17.2 Å². The SMILES string of the molecule is CC(C)CNc1cc(C(=O)Nc2ccc(N(C)C)cc2)nc(-c2ccccc2)n1. The molecule has 3 rings (SSSR count). The van der Waals surface area contributed by atoms with E-state index in [-0.39, 0.29) is 5.91 Å². The molecule has 6 heteroatoms. The van der Waals surface area contributed by atoms with E-state index in [0.29, 0.717) is 23.3 Å². The Morgan fingerprint density at radius 2 is 1.69 bits per heavy atom. The van der Waals surface area contributed by atoms with Crippen LogP contribution in [0.25, 0.3) is 11.4 Å². The molecule has 0 unspecified atom stereocenters. The van der Waals surface area contributed by atoms with Gasteiger partial charge in [-0.25, -0.2) is 9.97 Å². The second-order valence-electron chi connectivity index (χ2n) is 7.50. The predicted octanol–water partition coefficient (Wildman–Crippen LogP) is 4.53. The Morgan fingerprint density at radius 3 is 2.31 bits per heavy atom. The second kappa shape index (κ2) is 9.19. The average molecular weight is 390 g/mol. The topological polar surface area (TPSA) is 70.2 Å². The van der Waals surface area contributed by atoms with Gasteiger partial charge in [-0.15, -0.1) is 0 Å². The molecule has 0 bridgehead atoms. The van der Waals surface area contributed by atoms with E-state index in [0.717, 1.165) is 23.5 Å². The van der Waals surface area contributed by atoms with Crippen LogP contribution in [-0.4, -0.2) is 36.5 Å². The van der Waals surface area contributed by atoms with E-state index in [2.05, 4.69) is 34.4 Å². The van der Waals surface area contributed by atoms with E-state index in [9.17, 15) is 4.79 Å². The lowest BCUT2D eigenvalue weighted by molar-refractivity contribution is 0.102. The fraction of sp³-hybridized carbons (Fsp3) is 0.261. The molecule has 150 valence electrons. The van der Waals surface area contributed by atoms with Gasteiger partial charge in [0.1, 0.15) is 11.5 Å². The third kappa shape index (κ3) is 5.54. The van der Waals surface area contributed by atoms with E-state index < -0.39 is 0 Å². The third-order valence-electron chi connectivity index (χ3n) is 4.32. The zero-order chi connectivity index (χ0) is 20.8. The van der Waals surface area contributed by atoms with Crippen molar-refractivity contribution in [2.75, 3.05) is 36.2 Å². The minimum atomic E-state index is -0.269. The molecule has 1 amide bonds. The second-order valence-corrected chi connectivity index (χ2v) is 7.50. The molecule has 0 aliphatic carbocycles. The van der Waals surface area contributed by atoms with Gasteiger partial charge in [0.15, 0.2) is 5.82 Å². The van der Waals surface area contributed by atoms with Crippen LogP contribution < -0.4 is 15.5 Å². The minimum absolute atomic E-state index is 0.269. The van der Waals surface area contributed by atoms with E-state index in [1.165, 1.54) is 0 Å². The van der Waals surface area contributed by atoms with Gasteiger partial charge in [0.25, 0.3) is 5.91 Å². The molecule has 29 heavy (non-hydrogen) atoms. The molecule has 0 saturated heterocycles. The van der Waals surface area contributed by atoms with E-state index in [4.69, 9.17) is 0 Å². The molecule has 0 fully saturated rings. The standard InChI is InChI=1S/C23H27N5O/c1-16(2)15-24-21-14-20(26-22(27-21)17-8-6-5-7-9-17)23(29)25-18-10-12-19(13-11-18)28(3)4/h5-14,16H,15H2,1-4H3,(H,25,29)(H,24,26,27). The summed E-state index contributed by atoms with van der Waals surface area (Å²) in [5, 5.41) is 6.22. The van der Waals surface area contributed by atoms with Crippen LogP contribution in [0.3, 0.4) is 0 Å². The summed E-state index contributed by atoms with van der Waals surface area (Å²) in [6, 6.07) is 19.0. The molecule has 0 saturated carbocycles. The highest BCUT2D eigenvalue weighted by Gasteiger charge is 2.14. The van der Waals surface area contributed by atoms with E-state index in [1.807, 2.05) is 73.6 Å². The number of carbonyl (C=O) groups is 1. The molecule has 0 aliphatic rings. The summed E-state index contributed by atoms with van der Waals surface area (Å²) in [5.74, 6) is 1.35. The van der Waals surface area contributed by atoms with Crippen LogP contribution in [0.2, 0.25) is 0 Å². The molecular weight excluding hydrogens is 362 g/mol. The largest absolute Gasteiger partial charge is 0.378 e. The van der Waals surface area contributed by atoms with Gasteiger partial charge in [0.05, 0.1) is 0 Å². The van der Waals surface area contributed by atoms with Gasteiger partial charge in [-0.1, -0.05) is 44.2 Å². The van der Waals surface area contributed by atoms with Gasteiger partial charge in [0.2, 0.25) is 0 Å². The number of carbonyl (C=O) groups excluding carboxylic acids is 1. The fourth-order valence-electron chi connectivity index (χ4n) is 2.72. The van der Waals surface area contributed by atoms with Gasteiger partial charge < -0.3 is 15.5 Å². The molecule has 1 aromatic heterocycles.